The molecule has 8 heteroatoms. The number of halogens is 1. The number of primary amides is 1. The Morgan fingerprint density at radius 2 is 1.93 bits per heavy atom. The standard InChI is InChI=1S/C19H35N5O2.HI/c1-6-21-17(22-14-13-7-12-26-15(13)18(14,2)3)23-8-10-24(11-9-23)19(4,5)16(20)25;/h13-15H,6-12H2,1-5H3,(H2,20,25)(H,21,22);1H. The van der Waals surface area contributed by atoms with Gasteiger partial charge in [0, 0.05) is 56.7 Å². The third-order valence-electron chi connectivity index (χ3n) is 6.67. The summed E-state index contributed by atoms with van der Waals surface area (Å²) in [5.41, 5.74) is 5.10. The van der Waals surface area contributed by atoms with Crippen LogP contribution in [0.2, 0.25) is 0 Å². The summed E-state index contributed by atoms with van der Waals surface area (Å²) in [5.74, 6) is 1.31. The van der Waals surface area contributed by atoms with E-state index in [1.165, 1.54) is 0 Å². The average Bonchev–Trinajstić information content (AvgIpc) is 3.05. The van der Waals surface area contributed by atoms with Crippen LogP contribution in [0.5, 0.6) is 0 Å². The van der Waals surface area contributed by atoms with Gasteiger partial charge in [-0.1, -0.05) is 13.8 Å². The van der Waals surface area contributed by atoms with Crippen LogP contribution in [0.25, 0.3) is 0 Å². The van der Waals surface area contributed by atoms with E-state index in [4.69, 9.17) is 15.5 Å². The topological polar surface area (TPSA) is 83.2 Å². The zero-order valence-corrected chi connectivity index (χ0v) is 19.7. The molecule has 27 heavy (non-hydrogen) atoms. The van der Waals surface area contributed by atoms with Gasteiger partial charge in [0.1, 0.15) is 0 Å². The highest BCUT2D eigenvalue weighted by Gasteiger charge is 2.59. The number of guanidine groups is 1. The van der Waals surface area contributed by atoms with Crippen LogP contribution in [0, 0.1) is 11.3 Å². The van der Waals surface area contributed by atoms with Crippen LogP contribution in [-0.2, 0) is 9.53 Å². The Bertz CT molecular complexity index is 572. The van der Waals surface area contributed by atoms with Gasteiger partial charge in [-0.15, -0.1) is 24.0 Å². The van der Waals surface area contributed by atoms with Crippen molar-refractivity contribution in [1.82, 2.24) is 15.1 Å². The molecule has 0 bridgehead atoms. The van der Waals surface area contributed by atoms with Crippen molar-refractivity contribution in [3.8, 4) is 0 Å². The molecule has 3 unspecified atom stereocenters. The number of nitrogens with zero attached hydrogens (tertiary/aromatic N) is 3. The number of nitrogens with one attached hydrogen (secondary N) is 1. The van der Waals surface area contributed by atoms with Gasteiger partial charge in [0.2, 0.25) is 5.91 Å². The lowest BCUT2D eigenvalue weighted by Gasteiger charge is -2.55. The lowest BCUT2D eigenvalue weighted by atomic mass is 9.57. The largest absolute Gasteiger partial charge is 0.377 e. The molecular weight excluding hydrogens is 457 g/mol. The van der Waals surface area contributed by atoms with E-state index < -0.39 is 5.54 Å². The lowest BCUT2D eigenvalue weighted by Crippen LogP contribution is -2.69. The first-order chi connectivity index (χ1) is 12.2. The second-order valence-electron chi connectivity index (χ2n) is 8.88. The van der Waals surface area contributed by atoms with Crippen molar-refractivity contribution in [3.05, 3.63) is 0 Å². The fourth-order valence-corrected chi connectivity index (χ4v) is 4.78. The third kappa shape index (κ3) is 4.07. The quantitative estimate of drug-likeness (QED) is 0.350. The van der Waals surface area contributed by atoms with Gasteiger partial charge in [-0.2, -0.15) is 0 Å². The first-order valence-corrected chi connectivity index (χ1v) is 9.92. The van der Waals surface area contributed by atoms with Gasteiger partial charge in [-0.25, -0.2) is 0 Å². The molecule has 156 valence electrons. The minimum Gasteiger partial charge on any atom is -0.377 e. The number of carbonyl (C=O) groups excluding carboxylic acids is 1. The Hall–Kier alpha value is -0.610. The van der Waals surface area contributed by atoms with Gasteiger partial charge >= 0.3 is 0 Å². The summed E-state index contributed by atoms with van der Waals surface area (Å²) < 4.78 is 5.91. The summed E-state index contributed by atoms with van der Waals surface area (Å²) in [5, 5.41) is 3.75. The van der Waals surface area contributed by atoms with E-state index in [0.29, 0.717) is 18.1 Å². The molecular formula is C19H36IN5O2. The molecule has 0 aromatic heterocycles. The molecule has 3 atom stereocenters. The number of rotatable bonds is 4. The predicted octanol–water partition coefficient (Wildman–Crippen LogP) is 1.26. The van der Waals surface area contributed by atoms with E-state index in [9.17, 15) is 4.79 Å². The Morgan fingerprint density at radius 1 is 1.30 bits per heavy atom. The summed E-state index contributed by atoms with van der Waals surface area (Å²) in [6.45, 7) is 15.4. The highest BCUT2D eigenvalue weighted by Crippen LogP contribution is 2.52. The van der Waals surface area contributed by atoms with Crippen molar-refractivity contribution in [2.75, 3.05) is 39.3 Å². The molecule has 1 saturated carbocycles. The van der Waals surface area contributed by atoms with Crippen molar-refractivity contribution in [2.24, 2.45) is 22.1 Å². The first kappa shape index (κ1) is 22.7. The Balaban J connectivity index is 0.00000261. The van der Waals surface area contributed by atoms with Crippen LogP contribution in [-0.4, -0.2) is 78.7 Å². The molecule has 7 nitrogen and oxygen atoms in total. The van der Waals surface area contributed by atoms with Crippen LogP contribution in [0.4, 0.5) is 0 Å². The second-order valence-corrected chi connectivity index (χ2v) is 8.88. The maximum Gasteiger partial charge on any atom is 0.237 e. The van der Waals surface area contributed by atoms with E-state index in [2.05, 4.69) is 35.9 Å². The Labute approximate surface area is 180 Å². The van der Waals surface area contributed by atoms with E-state index in [1.54, 1.807) is 0 Å². The van der Waals surface area contributed by atoms with Gasteiger partial charge < -0.3 is 20.7 Å². The van der Waals surface area contributed by atoms with E-state index in [-0.39, 0.29) is 35.3 Å². The average molecular weight is 493 g/mol. The SMILES string of the molecule is CCN=C(NC1C2CCOC2C1(C)C)N1CCN(C(C)(C)C(N)=O)CC1.I. The highest BCUT2D eigenvalue weighted by atomic mass is 127. The number of piperazine rings is 1. The van der Waals surface area contributed by atoms with Crippen molar-refractivity contribution in [2.45, 2.75) is 58.7 Å². The maximum atomic E-state index is 11.7. The van der Waals surface area contributed by atoms with E-state index in [0.717, 1.165) is 51.7 Å². The van der Waals surface area contributed by atoms with Crippen molar-refractivity contribution >= 4 is 35.8 Å². The highest BCUT2D eigenvalue weighted by molar-refractivity contribution is 14.0. The number of hydrogen-bond donors (Lipinski definition) is 2. The smallest absolute Gasteiger partial charge is 0.237 e. The summed E-state index contributed by atoms with van der Waals surface area (Å²) in [6.07, 6.45) is 1.50. The summed E-state index contributed by atoms with van der Waals surface area (Å²) in [6, 6.07) is 0.403. The summed E-state index contributed by atoms with van der Waals surface area (Å²) in [7, 11) is 0. The van der Waals surface area contributed by atoms with Crippen LogP contribution in [0.3, 0.4) is 0 Å². The normalized spacial score (nSPS) is 30.9. The van der Waals surface area contributed by atoms with E-state index in [1.807, 2.05) is 13.8 Å². The van der Waals surface area contributed by atoms with Crippen LogP contribution < -0.4 is 11.1 Å². The third-order valence-corrected chi connectivity index (χ3v) is 6.67. The van der Waals surface area contributed by atoms with Gasteiger partial charge in [-0.3, -0.25) is 14.7 Å². The van der Waals surface area contributed by atoms with Crippen LogP contribution in [0.15, 0.2) is 4.99 Å². The number of nitrogens with two attached hydrogens (primary N) is 1. The molecule has 1 amide bonds. The molecule has 1 aliphatic carbocycles. The fraction of sp³-hybridized carbons (Fsp3) is 0.895. The second kappa shape index (κ2) is 8.41. The lowest BCUT2D eigenvalue weighted by molar-refractivity contribution is -0.129. The van der Waals surface area contributed by atoms with Crippen molar-refractivity contribution < 1.29 is 9.53 Å². The molecule has 3 N–H and O–H groups in total. The number of carbonyl (C=O) groups is 1. The molecule has 0 aromatic carbocycles. The molecule has 3 fully saturated rings. The van der Waals surface area contributed by atoms with Crippen LogP contribution in [0.1, 0.15) is 41.0 Å². The predicted molar refractivity (Wildman–Crippen MR) is 118 cm³/mol. The van der Waals surface area contributed by atoms with Gasteiger partial charge in [0.25, 0.3) is 0 Å². The number of amides is 1. The maximum absolute atomic E-state index is 11.7. The number of aliphatic imine (C=N–C) groups is 1. The van der Waals surface area contributed by atoms with Gasteiger partial charge in [-0.05, 0) is 27.2 Å². The minimum absolute atomic E-state index is 0. The zero-order valence-electron chi connectivity index (χ0n) is 17.3. The number of hydrogen-bond acceptors (Lipinski definition) is 4. The van der Waals surface area contributed by atoms with Crippen LogP contribution >= 0.6 is 24.0 Å². The van der Waals surface area contributed by atoms with E-state index >= 15 is 0 Å². The molecule has 2 saturated heterocycles. The Kier molecular flexibility index (Phi) is 7.06. The summed E-state index contributed by atoms with van der Waals surface area (Å²) >= 11 is 0. The fourth-order valence-electron chi connectivity index (χ4n) is 4.78. The molecule has 0 aromatic rings. The summed E-state index contributed by atoms with van der Waals surface area (Å²) in [4.78, 5) is 21.0. The zero-order chi connectivity index (χ0) is 19.1. The van der Waals surface area contributed by atoms with Crippen molar-refractivity contribution in [1.29, 1.82) is 0 Å². The monoisotopic (exact) mass is 493 g/mol. The minimum atomic E-state index is -0.605. The molecule has 3 aliphatic rings. The molecule has 0 spiro atoms. The number of fused-ring (bicyclic) bond motifs is 1. The van der Waals surface area contributed by atoms with Gasteiger partial charge in [0.05, 0.1) is 11.6 Å². The first-order valence-electron chi connectivity index (χ1n) is 9.92. The van der Waals surface area contributed by atoms with Gasteiger partial charge in [0.15, 0.2) is 5.96 Å². The Morgan fingerprint density at radius 3 is 2.48 bits per heavy atom. The molecule has 0 radical (unpaired) electrons. The van der Waals surface area contributed by atoms with Crippen molar-refractivity contribution in [3.63, 3.8) is 0 Å². The molecule has 2 aliphatic heterocycles. The number of ether oxygens (including phenoxy) is 1. The molecule has 2 heterocycles. The molecule has 3 rings (SSSR count).